The van der Waals surface area contributed by atoms with Gasteiger partial charge in [-0.15, -0.1) is 0 Å². The van der Waals surface area contributed by atoms with E-state index in [2.05, 4.69) is 10.5 Å². The molecule has 0 aliphatic heterocycles. The van der Waals surface area contributed by atoms with Gasteiger partial charge in [0.25, 0.3) is 0 Å². The van der Waals surface area contributed by atoms with Crippen LogP contribution in [0.4, 0.5) is 4.79 Å². The highest BCUT2D eigenvalue weighted by Gasteiger charge is 2.18. The second kappa shape index (κ2) is 5.30. The molecular weight excluding hydrogens is 204 g/mol. The number of rotatable bonds is 4. The third kappa shape index (κ3) is 3.73. The lowest BCUT2D eigenvalue weighted by Crippen LogP contribution is -2.18. The molecule has 1 N–H and O–H groups in total. The molecule has 84 valence electrons. The van der Waals surface area contributed by atoms with Crippen molar-refractivity contribution in [1.29, 1.82) is 0 Å². The van der Waals surface area contributed by atoms with Gasteiger partial charge in [-0.1, -0.05) is 30.3 Å². The third-order valence-corrected chi connectivity index (χ3v) is 2.28. The molecule has 16 heavy (non-hydrogen) atoms. The number of hydrazone groups is 1. The SMILES string of the molecule is O=C(N/N=C/C1CC1)OCc1ccccc1. The zero-order chi connectivity index (χ0) is 11.2. The first-order valence-electron chi connectivity index (χ1n) is 5.34. The molecule has 0 heterocycles. The van der Waals surface area contributed by atoms with E-state index in [0.717, 1.165) is 5.56 Å². The molecule has 1 fully saturated rings. The van der Waals surface area contributed by atoms with Crippen molar-refractivity contribution in [3.8, 4) is 0 Å². The fraction of sp³-hybridized carbons (Fsp3) is 0.333. The van der Waals surface area contributed by atoms with Crippen LogP contribution in [0.5, 0.6) is 0 Å². The van der Waals surface area contributed by atoms with Gasteiger partial charge >= 0.3 is 6.09 Å². The minimum atomic E-state index is -0.513. The largest absolute Gasteiger partial charge is 0.443 e. The Labute approximate surface area is 94.3 Å². The Morgan fingerprint density at radius 2 is 2.19 bits per heavy atom. The molecule has 1 aliphatic carbocycles. The van der Waals surface area contributed by atoms with E-state index in [1.54, 1.807) is 6.21 Å². The van der Waals surface area contributed by atoms with Crippen molar-refractivity contribution in [2.45, 2.75) is 19.4 Å². The van der Waals surface area contributed by atoms with Crippen LogP contribution >= 0.6 is 0 Å². The average molecular weight is 218 g/mol. The van der Waals surface area contributed by atoms with E-state index in [9.17, 15) is 4.79 Å². The fourth-order valence-electron chi connectivity index (χ4n) is 1.20. The van der Waals surface area contributed by atoms with Crippen LogP contribution in [0.15, 0.2) is 35.4 Å². The van der Waals surface area contributed by atoms with E-state index in [-0.39, 0.29) is 6.61 Å². The van der Waals surface area contributed by atoms with E-state index in [1.807, 2.05) is 30.3 Å². The summed E-state index contributed by atoms with van der Waals surface area (Å²) in [6.07, 6.45) is 3.58. The molecule has 4 nitrogen and oxygen atoms in total. The summed E-state index contributed by atoms with van der Waals surface area (Å²) in [5, 5.41) is 3.80. The molecule has 0 aromatic heterocycles. The Bertz CT molecular complexity index is 372. The van der Waals surface area contributed by atoms with Crippen molar-refractivity contribution < 1.29 is 9.53 Å². The molecule has 0 radical (unpaired) electrons. The van der Waals surface area contributed by atoms with Crippen molar-refractivity contribution >= 4 is 12.3 Å². The van der Waals surface area contributed by atoms with Crippen LogP contribution in [0.1, 0.15) is 18.4 Å². The Hall–Kier alpha value is -1.84. The molecule has 0 atom stereocenters. The summed E-state index contributed by atoms with van der Waals surface area (Å²) in [5.41, 5.74) is 3.29. The second-order valence-electron chi connectivity index (χ2n) is 3.79. The van der Waals surface area contributed by atoms with Crippen molar-refractivity contribution in [2.24, 2.45) is 11.0 Å². The van der Waals surface area contributed by atoms with Crippen LogP contribution in [-0.2, 0) is 11.3 Å². The minimum Gasteiger partial charge on any atom is -0.443 e. The normalized spacial score (nSPS) is 15.0. The molecule has 0 bridgehead atoms. The monoisotopic (exact) mass is 218 g/mol. The quantitative estimate of drug-likeness (QED) is 0.622. The molecule has 4 heteroatoms. The molecule has 0 unspecified atom stereocenters. The van der Waals surface area contributed by atoms with E-state index in [4.69, 9.17) is 4.74 Å². The maximum absolute atomic E-state index is 11.2. The smallest absolute Gasteiger partial charge is 0.428 e. The summed E-state index contributed by atoms with van der Waals surface area (Å²) in [4.78, 5) is 11.2. The van der Waals surface area contributed by atoms with Crippen molar-refractivity contribution in [2.75, 3.05) is 0 Å². The van der Waals surface area contributed by atoms with Gasteiger partial charge in [0.05, 0.1) is 0 Å². The van der Waals surface area contributed by atoms with Gasteiger partial charge in [-0.05, 0) is 24.3 Å². The number of benzene rings is 1. The number of nitrogens with zero attached hydrogens (tertiary/aromatic N) is 1. The molecule has 0 spiro atoms. The number of hydrogen-bond acceptors (Lipinski definition) is 3. The molecule has 1 aliphatic rings. The lowest BCUT2D eigenvalue weighted by molar-refractivity contribution is 0.140. The topological polar surface area (TPSA) is 50.7 Å². The van der Waals surface area contributed by atoms with Crippen molar-refractivity contribution in [3.05, 3.63) is 35.9 Å². The Kier molecular flexibility index (Phi) is 3.53. The van der Waals surface area contributed by atoms with Gasteiger partial charge in [0.2, 0.25) is 0 Å². The van der Waals surface area contributed by atoms with Gasteiger partial charge in [0.15, 0.2) is 0 Å². The van der Waals surface area contributed by atoms with Crippen LogP contribution in [-0.4, -0.2) is 12.3 Å². The van der Waals surface area contributed by atoms with E-state index in [0.29, 0.717) is 5.92 Å². The van der Waals surface area contributed by atoms with Gasteiger partial charge in [-0.25, -0.2) is 10.2 Å². The first kappa shape index (κ1) is 10.7. The fourth-order valence-corrected chi connectivity index (χ4v) is 1.20. The Morgan fingerprint density at radius 1 is 1.44 bits per heavy atom. The van der Waals surface area contributed by atoms with E-state index in [1.165, 1.54) is 12.8 Å². The predicted molar refractivity (Wildman–Crippen MR) is 61.0 cm³/mol. The van der Waals surface area contributed by atoms with Crippen LogP contribution in [0.25, 0.3) is 0 Å². The highest BCUT2D eigenvalue weighted by Crippen LogP contribution is 2.25. The summed E-state index contributed by atoms with van der Waals surface area (Å²) in [7, 11) is 0. The summed E-state index contributed by atoms with van der Waals surface area (Å²) < 4.78 is 4.97. The summed E-state index contributed by atoms with van der Waals surface area (Å²) in [6.45, 7) is 0.269. The van der Waals surface area contributed by atoms with Gasteiger partial charge < -0.3 is 4.74 Å². The van der Waals surface area contributed by atoms with Crippen LogP contribution < -0.4 is 5.43 Å². The molecule has 1 amide bonds. The number of amides is 1. The second-order valence-corrected chi connectivity index (χ2v) is 3.79. The lowest BCUT2D eigenvalue weighted by atomic mass is 10.2. The number of hydrogen-bond donors (Lipinski definition) is 1. The molecule has 1 aromatic carbocycles. The summed E-state index contributed by atoms with van der Waals surface area (Å²) >= 11 is 0. The molecule has 1 aromatic rings. The summed E-state index contributed by atoms with van der Waals surface area (Å²) in [5.74, 6) is 0.550. The zero-order valence-corrected chi connectivity index (χ0v) is 8.93. The number of carbonyl (C=O) groups is 1. The Morgan fingerprint density at radius 3 is 2.88 bits per heavy atom. The van der Waals surface area contributed by atoms with E-state index >= 15 is 0 Å². The molecule has 2 rings (SSSR count). The van der Waals surface area contributed by atoms with Gasteiger partial charge in [-0.3, -0.25) is 0 Å². The van der Waals surface area contributed by atoms with Gasteiger partial charge in [0, 0.05) is 6.21 Å². The standard InChI is InChI=1S/C12H14N2O2/c15-12(14-13-8-10-6-7-10)16-9-11-4-2-1-3-5-11/h1-5,8,10H,6-7,9H2,(H,14,15)/b13-8+. The maximum atomic E-state index is 11.2. The van der Waals surface area contributed by atoms with Crippen LogP contribution in [0, 0.1) is 5.92 Å². The van der Waals surface area contributed by atoms with Crippen LogP contribution in [0.2, 0.25) is 0 Å². The predicted octanol–water partition coefficient (Wildman–Crippen LogP) is 2.31. The maximum Gasteiger partial charge on any atom is 0.428 e. The highest BCUT2D eigenvalue weighted by molar-refractivity contribution is 5.70. The molecule has 1 saturated carbocycles. The first-order chi connectivity index (χ1) is 7.84. The first-order valence-corrected chi connectivity index (χ1v) is 5.34. The van der Waals surface area contributed by atoms with Gasteiger partial charge in [0.1, 0.15) is 6.61 Å². The number of carbonyl (C=O) groups excluding carboxylic acids is 1. The lowest BCUT2D eigenvalue weighted by Gasteiger charge is -2.03. The van der Waals surface area contributed by atoms with Crippen molar-refractivity contribution in [3.63, 3.8) is 0 Å². The van der Waals surface area contributed by atoms with E-state index < -0.39 is 6.09 Å². The average Bonchev–Trinajstić information content (AvgIpc) is 3.12. The number of ether oxygens (including phenoxy) is 1. The zero-order valence-electron chi connectivity index (χ0n) is 8.93. The summed E-state index contributed by atoms with van der Waals surface area (Å²) in [6, 6.07) is 9.54. The number of nitrogens with one attached hydrogen (secondary N) is 1. The molecular formula is C12H14N2O2. The van der Waals surface area contributed by atoms with Crippen LogP contribution in [0.3, 0.4) is 0 Å². The van der Waals surface area contributed by atoms with Crippen molar-refractivity contribution in [1.82, 2.24) is 5.43 Å². The van der Waals surface area contributed by atoms with Gasteiger partial charge in [-0.2, -0.15) is 5.10 Å². The third-order valence-electron chi connectivity index (χ3n) is 2.28. The highest BCUT2D eigenvalue weighted by atomic mass is 16.5. The Balaban J connectivity index is 1.67. The molecule has 0 saturated heterocycles. The minimum absolute atomic E-state index is 0.269.